The number of aryl methyl sites for hydroxylation is 8. The minimum absolute atomic E-state index is 0.0110. The van der Waals surface area contributed by atoms with Crippen LogP contribution in [0.25, 0.3) is 59.2 Å². The number of pyridine rings is 4. The molecule has 40 heteroatoms. The summed E-state index contributed by atoms with van der Waals surface area (Å²) in [5.74, 6) is 6.57. The fraction of sp³-hybridized carbons (Fsp3) is 0.439. The fourth-order valence-corrected chi connectivity index (χ4v) is 18.1. The molecular formula is C98H113BrCl3N27O9. The Morgan fingerprint density at radius 2 is 0.848 bits per heavy atom. The van der Waals surface area contributed by atoms with E-state index < -0.39 is 16.6 Å². The summed E-state index contributed by atoms with van der Waals surface area (Å²) in [6.45, 7) is 63.9. The first-order valence-electron chi connectivity index (χ1n) is 45.3. The third-order valence-corrected chi connectivity index (χ3v) is 26.1. The maximum absolute atomic E-state index is 11.5. The van der Waals surface area contributed by atoms with Crippen LogP contribution in [0, 0.1) is 67.8 Å². The van der Waals surface area contributed by atoms with Gasteiger partial charge in [-0.1, -0.05) is 23.2 Å². The van der Waals surface area contributed by atoms with E-state index in [2.05, 4.69) is 179 Å². The molecule has 5 aliphatic heterocycles. The lowest BCUT2D eigenvalue weighted by Gasteiger charge is -2.17. The first-order valence-corrected chi connectivity index (χ1v) is 47.4. The number of imidazole rings is 2. The van der Waals surface area contributed by atoms with Crippen molar-refractivity contribution >= 4 is 102 Å². The lowest BCUT2D eigenvalue weighted by atomic mass is 10.0. The van der Waals surface area contributed by atoms with E-state index in [1.54, 1.807) is 51.9 Å². The number of nitrogens with one attached hydrogen (secondary N) is 1. The summed E-state index contributed by atoms with van der Waals surface area (Å²) < 4.78 is 59.5. The highest BCUT2D eigenvalue weighted by Crippen LogP contribution is 2.41. The van der Waals surface area contributed by atoms with Gasteiger partial charge in [0.1, 0.15) is 72.7 Å². The monoisotopic (exact) mass is 2000 g/mol. The highest BCUT2D eigenvalue weighted by Gasteiger charge is 2.39. The van der Waals surface area contributed by atoms with Crippen LogP contribution in [-0.4, -0.2) is 179 Å². The van der Waals surface area contributed by atoms with E-state index in [0.29, 0.717) is 141 Å². The minimum atomic E-state index is -0.754. The van der Waals surface area contributed by atoms with E-state index in [0.717, 1.165) is 134 Å². The van der Waals surface area contributed by atoms with Crippen LogP contribution in [0.5, 0.6) is 23.0 Å². The summed E-state index contributed by atoms with van der Waals surface area (Å²) in [6, 6.07) is 30.3. The van der Waals surface area contributed by atoms with Crippen molar-refractivity contribution in [3.05, 3.63) is 250 Å². The normalized spacial score (nSPS) is 16.8. The van der Waals surface area contributed by atoms with Crippen molar-refractivity contribution in [2.45, 2.75) is 201 Å². The van der Waals surface area contributed by atoms with Crippen LogP contribution in [0.4, 0.5) is 17.6 Å². The highest BCUT2D eigenvalue weighted by molar-refractivity contribution is 9.10. The van der Waals surface area contributed by atoms with Gasteiger partial charge in [0.05, 0.1) is 98.6 Å². The van der Waals surface area contributed by atoms with Crippen LogP contribution >= 0.6 is 50.7 Å². The zero-order valence-electron chi connectivity index (χ0n) is 80.2. The molecule has 5 fully saturated rings. The van der Waals surface area contributed by atoms with Gasteiger partial charge < -0.3 is 86.4 Å². The van der Waals surface area contributed by atoms with E-state index in [9.17, 15) is 9.59 Å². The Bertz CT molecular complexity index is 6840. The Hall–Kier alpha value is -12.9. The summed E-state index contributed by atoms with van der Waals surface area (Å²) >= 11 is 22.6. The lowest BCUT2D eigenvalue weighted by molar-refractivity contribution is -0.117. The average molecular weight is 2000 g/mol. The molecule has 36 nitrogen and oxygen atoms in total. The minimum Gasteiger partial charge on any atom is -0.454 e. The first-order chi connectivity index (χ1) is 66.0. The molecular weight excluding hydrogens is 1890 g/mol. The molecule has 19 heterocycles. The molecule has 138 heavy (non-hydrogen) atoms. The number of rotatable bonds is 23. The summed E-state index contributed by atoms with van der Waals surface area (Å²) in [6.07, 6.45) is 11.4. The van der Waals surface area contributed by atoms with Gasteiger partial charge in [0.15, 0.2) is 50.8 Å². The average Bonchev–Trinajstić information content (AvgIpc) is 1.63. The van der Waals surface area contributed by atoms with Crippen LogP contribution in [0.3, 0.4) is 0 Å². The zero-order chi connectivity index (χ0) is 98.8. The number of anilines is 3. The fourth-order valence-electron chi connectivity index (χ4n) is 17.0. The van der Waals surface area contributed by atoms with Gasteiger partial charge in [-0.05, 0) is 152 Å². The number of nitrogens with zero attached hydrogens (tertiary/aromatic N) is 25. The van der Waals surface area contributed by atoms with E-state index in [4.69, 9.17) is 120 Å². The number of nitrogens with two attached hydrogens (primary N) is 1. The Balaban J connectivity index is 0.000000136. The van der Waals surface area contributed by atoms with E-state index in [-0.39, 0.29) is 48.6 Å². The molecule has 14 aromatic rings. The van der Waals surface area contributed by atoms with Crippen molar-refractivity contribution in [2.24, 2.45) is 14.1 Å². The van der Waals surface area contributed by atoms with Crippen LogP contribution < -0.4 is 20.5 Å². The molecule has 0 aromatic carbocycles. The molecule has 5 saturated heterocycles. The maximum Gasteiger partial charge on any atom is 0.268 e. The van der Waals surface area contributed by atoms with Crippen LogP contribution in [0.15, 0.2) is 121 Å². The SMILES string of the molecule is CC(=O)Cc1cc(Oc2cnc3nc(Br)n(C)c3c2Cl)ccn1.Cc1ccc(C)n1-c1cc(CCl)n([C@@H]2CCOC2)n1.[C-]#[N+]C(C)(C)c1cc(-n2c(C)ccc2C)nn1[C@@H]1CCOC1.[C-]#[N+]C(C)(C)c1cc(N)nn1[C@@H]1CCOC1.[C-]#[N+]C(C)(C)c1cc(Nc2nc3ncc(Oc4ccnc(CC(C)=O)c4)c(Cl)c3n2C)nn1[C@@H]1CCOC1.[C-]#[N+]Cc1cc(-n2c(C)ccc2C)nn1[C@@H]1CCOC1. The topological polar surface area (TPSA) is 345 Å². The number of carbonyl (C=O) groups is 2. The van der Waals surface area contributed by atoms with E-state index >= 15 is 0 Å². The summed E-state index contributed by atoms with van der Waals surface area (Å²) in [5.41, 5.74) is 18.9. The highest BCUT2D eigenvalue weighted by atomic mass is 79.9. The number of fused-ring (bicyclic) bond motifs is 2. The lowest BCUT2D eigenvalue weighted by Crippen LogP contribution is -2.22. The van der Waals surface area contributed by atoms with Gasteiger partial charge in [0.2, 0.25) is 5.95 Å². The second kappa shape index (κ2) is 43.8. The second-order valence-corrected chi connectivity index (χ2v) is 37.8. The number of halogens is 4. The van der Waals surface area contributed by atoms with Crippen molar-refractivity contribution < 1.29 is 42.7 Å². The molecule has 0 spiro atoms. The number of Topliss-reactive ketones (excluding diaryl/α,β-unsaturated/α-hetero) is 2. The number of nitrogen functional groups attached to an aromatic ring is 1. The number of carbonyl (C=O) groups excluding carboxylic acids is 2. The van der Waals surface area contributed by atoms with Gasteiger partial charge in [-0.15, -0.1) is 11.6 Å². The maximum atomic E-state index is 11.5. The van der Waals surface area contributed by atoms with E-state index in [1.165, 1.54) is 37.6 Å². The van der Waals surface area contributed by atoms with Crippen LogP contribution in [0.1, 0.15) is 192 Å². The number of ketones is 2. The number of ether oxygens (including phenoxy) is 7. The Kier molecular flexibility index (Phi) is 32.1. The Morgan fingerprint density at radius 1 is 0.486 bits per heavy atom. The van der Waals surface area contributed by atoms with Gasteiger partial charge in [-0.2, -0.15) is 30.5 Å². The van der Waals surface area contributed by atoms with Gasteiger partial charge in [0, 0.05) is 191 Å². The molecule has 722 valence electrons. The van der Waals surface area contributed by atoms with Crippen molar-refractivity contribution in [1.82, 2.24) is 102 Å². The van der Waals surface area contributed by atoms with Crippen LogP contribution in [0.2, 0.25) is 10.0 Å². The quantitative estimate of drug-likeness (QED) is 0.0444. The Labute approximate surface area is 824 Å². The smallest absolute Gasteiger partial charge is 0.268 e. The van der Waals surface area contributed by atoms with Gasteiger partial charge in [0.25, 0.3) is 23.2 Å². The molecule has 19 rings (SSSR count). The third-order valence-electron chi connectivity index (χ3n) is 24.4. The standard InChI is InChI=1S/C26H27ClN8O3.C17H22N4O.C15H12BrClN4O2.C15H18N4O.C14H18ClN3O.C11H16N4O/c1-15(36)10-16-11-18(6-8-29-16)38-19-13-30-24-23(22(19)27)34(5)25(32-24)31-21-12-20(26(2,3)28-4)35(33-21)17-7-9-37-14-17;1-12-6-7-13(2)20(12)16-10-15(17(3,4)18-5)21(19-16)14-8-9-22-11-14;1-8(22)5-9-6-10(3-4-18-9)23-11-7-19-14-13(12(11)17)21(2)15(16)20-14;1-11-4-5-12(2)18(11)15-8-14(9-16-3)19(17-15)13-6-7-20-10-13;1-10-3-4-11(2)17(10)14-7-13(8-15)18(16-14)12-5-6-19-9-12;1-11(2,13-3)9-6-10(12)14-15(9)8-4-5-16-7-8/h6,8,11-13,17H,7,9-10,14H2,1-3,5H3,(H,30,31,32,33);6-7,10,14H,8-9,11H2,1-4H3;3-4,6-7H,5H2,1-2H3;4-5,8,13H,6-7,9-10H2,1-2H3;3-4,7,12H,5-6,8-9H2,1-2H3;6,8H,4-5,7H2,1-2H3,(H2,12,14)/t17-;14-;;13-;12-;8-/m11.111/s1. The molecule has 0 aliphatic carbocycles. The van der Waals surface area contributed by atoms with Crippen molar-refractivity contribution in [3.8, 4) is 40.5 Å². The largest absolute Gasteiger partial charge is 0.454 e. The zero-order valence-corrected chi connectivity index (χ0v) is 84.1. The molecule has 0 saturated carbocycles. The molecule has 0 bridgehead atoms. The molecule has 5 aliphatic rings. The molecule has 14 aromatic heterocycles. The molecule has 5 atom stereocenters. The summed E-state index contributed by atoms with van der Waals surface area (Å²) in [5, 5.41) is 27.4. The number of alkyl halides is 1. The molecule has 3 N–H and O–H groups in total. The third kappa shape index (κ3) is 22.9. The van der Waals surface area contributed by atoms with Crippen molar-refractivity contribution in [3.63, 3.8) is 0 Å². The summed E-state index contributed by atoms with van der Waals surface area (Å²) in [4.78, 5) is 63.3. The molecule has 0 unspecified atom stereocenters. The Morgan fingerprint density at radius 3 is 1.25 bits per heavy atom. The van der Waals surface area contributed by atoms with Gasteiger partial charge in [-0.3, -0.25) is 43.0 Å². The van der Waals surface area contributed by atoms with Crippen molar-refractivity contribution in [2.75, 3.05) is 77.1 Å². The number of hydrogen-bond acceptors (Lipinski definition) is 22. The number of aromatic nitrogens is 21. The predicted molar refractivity (Wildman–Crippen MR) is 528 cm³/mol. The van der Waals surface area contributed by atoms with Crippen LogP contribution in [-0.2, 0) is 89.3 Å². The first kappa shape index (κ1) is 101. The molecule has 0 amide bonds. The second-order valence-electron chi connectivity index (χ2n) is 36.1. The number of hydrogen-bond donors (Lipinski definition) is 2. The predicted octanol–water partition coefficient (Wildman–Crippen LogP) is 19.3. The summed E-state index contributed by atoms with van der Waals surface area (Å²) in [7, 11) is 3.65. The van der Waals surface area contributed by atoms with Crippen molar-refractivity contribution in [1.29, 1.82) is 0 Å². The van der Waals surface area contributed by atoms with E-state index in [1.807, 2.05) is 91.2 Å². The molecule has 0 radical (unpaired) electrons. The van der Waals surface area contributed by atoms with Gasteiger partial charge >= 0.3 is 0 Å². The van der Waals surface area contributed by atoms with Gasteiger partial charge in [-0.25, -0.2) is 41.2 Å².